The van der Waals surface area contributed by atoms with Crippen molar-refractivity contribution in [3.63, 3.8) is 0 Å². The molecule has 0 heterocycles. The molecule has 0 amide bonds. The summed E-state index contributed by atoms with van der Waals surface area (Å²) in [5.41, 5.74) is -0.387. The first-order valence-electron chi connectivity index (χ1n) is 5.54. The van der Waals surface area contributed by atoms with Gasteiger partial charge in [-0.2, -0.15) is 0 Å². The van der Waals surface area contributed by atoms with E-state index in [9.17, 15) is 9.13 Å². The van der Waals surface area contributed by atoms with Crippen molar-refractivity contribution in [1.29, 1.82) is 0 Å². The highest BCUT2D eigenvalue weighted by Crippen LogP contribution is 2.49. The summed E-state index contributed by atoms with van der Waals surface area (Å²) in [7, 11) is -5.13. The van der Waals surface area contributed by atoms with Crippen molar-refractivity contribution in [3.8, 4) is 12.0 Å². The van der Waals surface area contributed by atoms with Gasteiger partial charge in [0.1, 0.15) is 6.11 Å². The van der Waals surface area contributed by atoms with Crippen LogP contribution in [0.5, 0.6) is 0 Å². The third kappa shape index (κ3) is 6.91. The molecule has 0 spiro atoms. The van der Waals surface area contributed by atoms with Crippen molar-refractivity contribution in [2.24, 2.45) is 0 Å². The van der Waals surface area contributed by atoms with Crippen LogP contribution in [0.15, 0.2) is 0 Å². The zero-order chi connectivity index (χ0) is 13.3. The Labute approximate surface area is 103 Å². The maximum atomic E-state index is 12.0. The molecule has 0 saturated heterocycles. The number of aliphatic hydroxyl groups is 1. The molecule has 1 N–H and O–H groups in total. The van der Waals surface area contributed by atoms with Crippen molar-refractivity contribution < 1.29 is 23.3 Å². The van der Waals surface area contributed by atoms with E-state index in [0.717, 1.165) is 0 Å². The zero-order valence-corrected chi connectivity index (χ0v) is 12.3. The molecule has 2 unspecified atom stereocenters. The highest BCUT2D eigenvalue weighted by Gasteiger charge is 2.24. The van der Waals surface area contributed by atoms with Gasteiger partial charge in [0.25, 0.3) is 0 Å². The van der Waals surface area contributed by atoms with Crippen LogP contribution in [-0.2, 0) is 18.2 Å². The summed E-state index contributed by atoms with van der Waals surface area (Å²) in [6, 6.07) is 0. The molecular formula is C10H20O5P2. The predicted molar refractivity (Wildman–Crippen MR) is 68.8 cm³/mol. The number of rotatable bonds is 8. The topological polar surface area (TPSA) is 72.8 Å². The fraction of sp³-hybridized carbons (Fsp3) is 0.800. The highest BCUT2D eigenvalue weighted by atomic mass is 31.2. The van der Waals surface area contributed by atoms with Gasteiger partial charge in [-0.1, -0.05) is 0 Å². The largest absolute Gasteiger partial charge is 0.462 e. The van der Waals surface area contributed by atoms with Crippen molar-refractivity contribution in [1.82, 2.24) is 0 Å². The number of aliphatic hydroxyl groups excluding tert-OH is 1. The lowest BCUT2D eigenvalue weighted by atomic mass is 10.5. The molecule has 7 heteroatoms. The third-order valence-corrected chi connectivity index (χ3v) is 6.40. The van der Waals surface area contributed by atoms with Crippen LogP contribution >= 0.6 is 15.4 Å². The van der Waals surface area contributed by atoms with E-state index in [-0.39, 0.29) is 18.0 Å². The second-order valence-corrected chi connectivity index (χ2v) is 7.85. The van der Waals surface area contributed by atoms with E-state index in [1.165, 1.54) is 0 Å². The smallest absolute Gasteiger partial charge is 0.331 e. The van der Waals surface area contributed by atoms with Crippen LogP contribution in [0.4, 0.5) is 0 Å². The zero-order valence-electron chi connectivity index (χ0n) is 10.4. The van der Waals surface area contributed by atoms with Gasteiger partial charge in [-0.25, -0.2) is 0 Å². The predicted octanol–water partition coefficient (Wildman–Crippen LogP) is 2.53. The maximum Gasteiger partial charge on any atom is 0.331 e. The summed E-state index contributed by atoms with van der Waals surface area (Å²) in [5.74, 6) is 2.41. The van der Waals surface area contributed by atoms with Crippen LogP contribution in [0, 0.1) is 12.0 Å². The minimum atomic E-state index is -3.12. The van der Waals surface area contributed by atoms with Gasteiger partial charge in [-0.05, 0) is 26.7 Å². The molecule has 0 rings (SSSR count). The molecule has 0 aromatic carbocycles. The average molecular weight is 282 g/mol. The lowest BCUT2D eigenvalue weighted by Crippen LogP contribution is -2.04. The van der Waals surface area contributed by atoms with Crippen LogP contribution in [0.2, 0.25) is 0 Å². The molecular weight excluding hydrogens is 262 g/mol. The Morgan fingerprint density at radius 1 is 1.35 bits per heavy atom. The second kappa shape index (κ2) is 8.78. The Bertz CT molecular complexity index is 334. The molecule has 0 aromatic heterocycles. The molecule has 0 bridgehead atoms. The van der Waals surface area contributed by atoms with E-state index in [4.69, 9.17) is 14.2 Å². The van der Waals surface area contributed by atoms with Gasteiger partial charge in [0, 0.05) is 6.16 Å². The Morgan fingerprint density at radius 3 is 2.29 bits per heavy atom. The van der Waals surface area contributed by atoms with Crippen molar-refractivity contribution in [2.75, 3.05) is 25.5 Å². The van der Waals surface area contributed by atoms with Crippen LogP contribution in [0.25, 0.3) is 0 Å². The highest BCUT2D eigenvalue weighted by molar-refractivity contribution is 7.55. The van der Waals surface area contributed by atoms with E-state index in [2.05, 4.69) is 5.92 Å². The van der Waals surface area contributed by atoms with E-state index in [1.807, 2.05) is 0 Å². The van der Waals surface area contributed by atoms with Gasteiger partial charge in [-0.3, -0.25) is 4.57 Å². The molecule has 0 aromatic rings. The monoisotopic (exact) mass is 282 g/mol. The Balaban J connectivity index is 4.34. The Hall–Kier alpha value is -0.260. The third-order valence-electron chi connectivity index (χ3n) is 2.05. The minimum absolute atomic E-state index is 0.129. The number of hydrogen-bond acceptors (Lipinski definition) is 5. The molecule has 5 nitrogen and oxygen atoms in total. The van der Waals surface area contributed by atoms with Gasteiger partial charge in [-0.15, -0.1) is 0 Å². The second-order valence-electron chi connectivity index (χ2n) is 3.36. The van der Waals surface area contributed by atoms with Crippen LogP contribution < -0.4 is 0 Å². The maximum absolute atomic E-state index is 12.0. The standard InChI is InChI=1S/C10H20O5P2/c1-4-14-17(13,15-5-2)9-8-16(12)10(3)6-7-11/h10-11,16H,4-5,8-9H2,1-3H3. The van der Waals surface area contributed by atoms with Crippen LogP contribution in [-0.4, -0.2) is 36.3 Å². The minimum Gasteiger partial charge on any atom is -0.462 e. The SMILES string of the molecule is CCOP(=O)(CC[PH](=O)C(C)C#CO)OCC. The molecule has 2 atom stereocenters. The lowest BCUT2D eigenvalue weighted by molar-refractivity contribution is 0.221. The first-order valence-corrected chi connectivity index (χ1v) is 8.96. The average Bonchev–Trinajstić information content (AvgIpc) is 2.27. The molecule has 0 aliphatic heterocycles. The quantitative estimate of drug-likeness (QED) is 0.547. The Morgan fingerprint density at radius 2 is 1.88 bits per heavy atom. The van der Waals surface area contributed by atoms with E-state index < -0.39 is 15.4 Å². The molecule has 0 aliphatic rings. The summed E-state index contributed by atoms with van der Waals surface area (Å²) in [6.45, 7) is 5.72. The summed E-state index contributed by atoms with van der Waals surface area (Å²) in [4.78, 5) is 0. The van der Waals surface area contributed by atoms with E-state index >= 15 is 0 Å². The first kappa shape index (κ1) is 16.7. The van der Waals surface area contributed by atoms with E-state index in [1.54, 1.807) is 26.9 Å². The van der Waals surface area contributed by atoms with Crippen LogP contribution in [0.3, 0.4) is 0 Å². The van der Waals surface area contributed by atoms with Gasteiger partial charge >= 0.3 is 7.60 Å². The number of hydrogen-bond donors (Lipinski definition) is 1. The van der Waals surface area contributed by atoms with E-state index in [0.29, 0.717) is 13.2 Å². The molecule has 0 radical (unpaired) electrons. The summed E-state index contributed by atoms with van der Waals surface area (Å²) in [5, 5.41) is 8.39. The molecule has 0 saturated carbocycles. The fourth-order valence-corrected chi connectivity index (χ4v) is 4.96. The van der Waals surface area contributed by atoms with Crippen molar-refractivity contribution in [3.05, 3.63) is 0 Å². The molecule has 0 fully saturated rings. The summed E-state index contributed by atoms with van der Waals surface area (Å²) < 4.78 is 33.9. The molecule has 100 valence electrons. The van der Waals surface area contributed by atoms with Gasteiger partial charge in [0.2, 0.25) is 0 Å². The van der Waals surface area contributed by atoms with Crippen molar-refractivity contribution in [2.45, 2.75) is 26.4 Å². The normalized spacial score (nSPS) is 14.8. The summed E-state index contributed by atoms with van der Waals surface area (Å²) >= 11 is 0. The van der Waals surface area contributed by atoms with Crippen LogP contribution in [0.1, 0.15) is 20.8 Å². The summed E-state index contributed by atoms with van der Waals surface area (Å²) in [6.07, 6.45) is 2.12. The van der Waals surface area contributed by atoms with Gasteiger partial charge in [0.05, 0.1) is 32.8 Å². The fourth-order valence-electron chi connectivity index (χ4n) is 1.20. The molecule has 0 aliphatic carbocycles. The van der Waals surface area contributed by atoms with Gasteiger partial charge < -0.3 is 18.7 Å². The Kier molecular flexibility index (Phi) is 8.64. The molecule has 17 heavy (non-hydrogen) atoms. The first-order chi connectivity index (χ1) is 7.99. The lowest BCUT2D eigenvalue weighted by Gasteiger charge is -2.16. The van der Waals surface area contributed by atoms with Crippen molar-refractivity contribution >= 4 is 15.4 Å². The van der Waals surface area contributed by atoms with Gasteiger partial charge in [0.15, 0.2) is 0 Å².